The molecule has 0 aliphatic heterocycles. The van der Waals surface area contributed by atoms with Crippen LogP contribution in [0.5, 0.6) is 0 Å². The Kier molecular flexibility index (Phi) is 1.93. The highest BCUT2D eigenvalue weighted by atomic mass is 15.3. The Balaban J connectivity index is 2.19. The monoisotopic (exact) mass is 216 g/mol. The Hall–Kier alpha value is -1.58. The van der Waals surface area contributed by atoms with Crippen molar-refractivity contribution >= 4 is 11.3 Å². The Morgan fingerprint density at radius 3 is 2.75 bits per heavy atom. The molecule has 0 radical (unpaired) electrons. The maximum Gasteiger partial charge on any atom is 0.160 e. The van der Waals surface area contributed by atoms with Gasteiger partial charge in [-0.15, -0.1) is 10.2 Å². The highest BCUT2D eigenvalue weighted by Crippen LogP contribution is 2.39. The SMILES string of the molecule is CC1(c2nnc3ccc(N)cn23)CCCC1. The van der Waals surface area contributed by atoms with Crippen molar-refractivity contribution in [3.8, 4) is 0 Å². The van der Waals surface area contributed by atoms with E-state index in [1.807, 2.05) is 22.7 Å². The molecule has 0 bridgehead atoms. The predicted molar refractivity (Wildman–Crippen MR) is 63.2 cm³/mol. The molecular weight excluding hydrogens is 200 g/mol. The van der Waals surface area contributed by atoms with E-state index in [4.69, 9.17) is 5.73 Å². The molecule has 0 saturated heterocycles. The molecular formula is C12H16N4. The third kappa shape index (κ3) is 1.29. The second-order valence-electron chi connectivity index (χ2n) is 4.98. The van der Waals surface area contributed by atoms with Gasteiger partial charge in [-0.2, -0.15) is 0 Å². The van der Waals surface area contributed by atoms with E-state index in [2.05, 4.69) is 17.1 Å². The fourth-order valence-corrected chi connectivity index (χ4v) is 2.70. The molecule has 0 atom stereocenters. The average Bonchev–Trinajstić information content (AvgIpc) is 2.84. The number of fused-ring (bicyclic) bond motifs is 1. The number of hydrogen-bond acceptors (Lipinski definition) is 3. The van der Waals surface area contributed by atoms with Crippen molar-refractivity contribution in [1.82, 2.24) is 14.6 Å². The molecule has 0 amide bonds. The van der Waals surface area contributed by atoms with Gasteiger partial charge in [0, 0.05) is 17.3 Å². The Bertz CT molecular complexity index is 523. The van der Waals surface area contributed by atoms with Crippen LogP contribution < -0.4 is 5.73 Å². The summed E-state index contributed by atoms with van der Waals surface area (Å²) < 4.78 is 2.04. The molecule has 2 heterocycles. The molecule has 1 saturated carbocycles. The normalized spacial score (nSPS) is 19.3. The zero-order valence-electron chi connectivity index (χ0n) is 9.48. The Labute approximate surface area is 94.5 Å². The smallest absolute Gasteiger partial charge is 0.160 e. The predicted octanol–water partition coefficient (Wildman–Crippen LogP) is 2.14. The van der Waals surface area contributed by atoms with Crippen LogP contribution in [0.3, 0.4) is 0 Å². The van der Waals surface area contributed by atoms with Crippen molar-refractivity contribution < 1.29 is 0 Å². The number of rotatable bonds is 1. The summed E-state index contributed by atoms with van der Waals surface area (Å²) in [5, 5.41) is 8.55. The van der Waals surface area contributed by atoms with E-state index in [1.54, 1.807) is 0 Å². The summed E-state index contributed by atoms with van der Waals surface area (Å²) >= 11 is 0. The summed E-state index contributed by atoms with van der Waals surface area (Å²) in [6, 6.07) is 3.79. The summed E-state index contributed by atoms with van der Waals surface area (Å²) in [7, 11) is 0. The molecule has 1 aliphatic rings. The van der Waals surface area contributed by atoms with Crippen LogP contribution in [0.1, 0.15) is 38.4 Å². The first-order valence-corrected chi connectivity index (χ1v) is 5.80. The number of nitrogen functional groups attached to an aromatic ring is 1. The van der Waals surface area contributed by atoms with Gasteiger partial charge in [0.05, 0.1) is 0 Å². The molecule has 2 aromatic rings. The first kappa shape index (κ1) is 9.63. The lowest BCUT2D eigenvalue weighted by molar-refractivity contribution is 0.454. The standard InChI is InChI=1S/C12H16N4/c1-12(6-2-3-7-12)11-15-14-10-5-4-9(13)8-16(10)11/h4-5,8H,2-3,6-7,13H2,1H3. The first-order chi connectivity index (χ1) is 7.69. The zero-order chi connectivity index (χ0) is 11.2. The van der Waals surface area contributed by atoms with Gasteiger partial charge in [0.15, 0.2) is 5.65 Å². The maximum atomic E-state index is 5.82. The number of anilines is 1. The minimum Gasteiger partial charge on any atom is -0.398 e. The van der Waals surface area contributed by atoms with Crippen molar-refractivity contribution in [2.45, 2.75) is 38.0 Å². The summed E-state index contributed by atoms with van der Waals surface area (Å²) in [6.45, 7) is 2.28. The topological polar surface area (TPSA) is 56.2 Å². The summed E-state index contributed by atoms with van der Waals surface area (Å²) in [5.74, 6) is 1.06. The van der Waals surface area contributed by atoms with Crippen molar-refractivity contribution in [1.29, 1.82) is 0 Å². The van der Waals surface area contributed by atoms with Crippen molar-refractivity contribution in [2.75, 3.05) is 5.73 Å². The van der Waals surface area contributed by atoms with Crippen LogP contribution in [0.25, 0.3) is 5.65 Å². The van der Waals surface area contributed by atoms with Crippen LogP contribution in [0.4, 0.5) is 5.69 Å². The third-order valence-electron chi connectivity index (χ3n) is 3.67. The molecule has 1 aliphatic carbocycles. The van der Waals surface area contributed by atoms with Crippen LogP contribution in [0.15, 0.2) is 18.3 Å². The fourth-order valence-electron chi connectivity index (χ4n) is 2.70. The molecule has 2 N–H and O–H groups in total. The molecule has 16 heavy (non-hydrogen) atoms. The van der Waals surface area contributed by atoms with Crippen LogP contribution in [0, 0.1) is 0 Å². The van der Waals surface area contributed by atoms with Gasteiger partial charge >= 0.3 is 0 Å². The van der Waals surface area contributed by atoms with Crippen LogP contribution >= 0.6 is 0 Å². The summed E-state index contributed by atoms with van der Waals surface area (Å²) in [4.78, 5) is 0. The molecule has 3 rings (SSSR count). The van der Waals surface area contributed by atoms with Crippen LogP contribution in [-0.2, 0) is 5.41 Å². The number of pyridine rings is 1. The lowest BCUT2D eigenvalue weighted by Gasteiger charge is -2.20. The van der Waals surface area contributed by atoms with E-state index in [-0.39, 0.29) is 5.41 Å². The molecule has 0 spiro atoms. The van der Waals surface area contributed by atoms with E-state index in [0.717, 1.165) is 17.2 Å². The lowest BCUT2D eigenvalue weighted by Crippen LogP contribution is -2.20. The number of nitrogens with zero attached hydrogens (tertiary/aromatic N) is 3. The molecule has 0 aromatic carbocycles. The minimum absolute atomic E-state index is 0.174. The number of nitrogens with two attached hydrogens (primary N) is 1. The zero-order valence-corrected chi connectivity index (χ0v) is 9.48. The molecule has 4 heteroatoms. The first-order valence-electron chi connectivity index (χ1n) is 5.80. The largest absolute Gasteiger partial charge is 0.398 e. The Morgan fingerprint density at radius 1 is 1.25 bits per heavy atom. The number of aromatic nitrogens is 3. The van der Waals surface area contributed by atoms with Gasteiger partial charge < -0.3 is 5.73 Å². The van der Waals surface area contributed by atoms with Crippen molar-refractivity contribution in [3.05, 3.63) is 24.2 Å². The van der Waals surface area contributed by atoms with E-state index in [9.17, 15) is 0 Å². The molecule has 4 nitrogen and oxygen atoms in total. The van der Waals surface area contributed by atoms with Crippen LogP contribution in [0.2, 0.25) is 0 Å². The van der Waals surface area contributed by atoms with E-state index >= 15 is 0 Å². The lowest BCUT2D eigenvalue weighted by atomic mass is 9.88. The fraction of sp³-hybridized carbons (Fsp3) is 0.500. The van der Waals surface area contributed by atoms with Gasteiger partial charge in [0.1, 0.15) is 5.82 Å². The van der Waals surface area contributed by atoms with Crippen LogP contribution in [-0.4, -0.2) is 14.6 Å². The van der Waals surface area contributed by atoms with E-state index < -0.39 is 0 Å². The summed E-state index contributed by atoms with van der Waals surface area (Å²) in [6.07, 6.45) is 6.89. The van der Waals surface area contributed by atoms with Gasteiger partial charge in [-0.1, -0.05) is 19.8 Å². The average molecular weight is 216 g/mol. The van der Waals surface area contributed by atoms with E-state index in [1.165, 1.54) is 25.7 Å². The third-order valence-corrected chi connectivity index (χ3v) is 3.67. The molecule has 1 fully saturated rings. The van der Waals surface area contributed by atoms with Gasteiger partial charge in [-0.25, -0.2) is 0 Å². The maximum absolute atomic E-state index is 5.82. The quantitative estimate of drug-likeness (QED) is 0.794. The number of hydrogen-bond donors (Lipinski definition) is 1. The highest BCUT2D eigenvalue weighted by molar-refractivity contribution is 5.47. The van der Waals surface area contributed by atoms with Crippen molar-refractivity contribution in [2.24, 2.45) is 0 Å². The van der Waals surface area contributed by atoms with Crippen molar-refractivity contribution in [3.63, 3.8) is 0 Å². The molecule has 84 valence electrons. The molecule has 2 aromatic heterocycles. The molecule has 0 unspecified atom stereocenters. The van der Waals surface area contributed by atoms with Gasteiger partial charge in [-0.05, 0) is 25.0 Å². The second-order valence-corrected chi connectivity index (χ2v) is 4.98. The second kappa shape index (κ2) is 3.20. The Morgan fingerprint density at radius 2 is 2.00 bits per heavy atom. The minimum atomic E-state index is 0.174. The van der Waals surface area contributed by atoms with Gasteiger partial charge in [-0.3, -0.25) is 4.40 Å². The van der Waals surface area contributed by atoms with E-state index in [0.29, 0.717) is 0 Å². The highest BCUT2D eigenvalue weighted by Gasteiger charge is 2.34. The summed E-state index contributed by atoms with van der Waals surface area (Å²) in [5.41, 5.74) is 7.64. The van der Waals surface area contributed by atoms with Gasteiger partial charge in [0.2, 0.25) is 0 Å². The van der Waals surface area contributed by atoms with Gasteiger partial charge in [0.25, 0.3) is 0 Å².